The molecule has 17 heavy (non-hydrogen) atoms. The van der Waals surface area contributed by atoms with E-state index in [1.165, 1.54) is 12.1 Å². The zero-order valence-corrected chi connectivity index (χ0v) is 10.6. The van der Waals surface area contributed by atoms with Gasteiger partial charge in [0.05, 0.1) is 6.10 Å². The number of hydrogen-bond donors (Lipinski definition) is 2. The molecule has 1 atom stereocenters. The van der Waals surface area contributed by atoms with Crippen molar-refractivity contribution in [2.75, 3.05) is 6.54 Å². The second-order valence-corrected chi connectivity index (χ2v) is 4.62. The summed E-state index contributed by atoms with van der Waals surface area (Å²) in [6, 6.07) is 2.98. The number of aliphatic hydroxyl groups is 1. The fraction of sp³-hybridized carbons (Fsp3) is 0.545. The van der Waals surface area contributed by atoms with E-state index in [0.717, 1.165) is 0 Å². The van der Waals surface area contributed by atoms with Crippen molar-refractivity contribution in [2.24, 2.45) is 5.92 Å². The van der Waals surface area contributed by atoms with Crippen LogP contribution in [0.4, 0.5) is 0 Å². The minimum absolute atomic E-state index is 0.186. The van der Waals surface area contributed by atoms with E-state index in [1.807, 2.05) is 13.8 Å². The van der Waals surface area contributed by atoms with Crippen LogP contribution in [0.25, 0.3) is 0 Å². The summed E-state index contributed by atoms with van der Waals surface area (Å²) in [5, 5.41) is 19.6. The van der Waals surface area contributed by atoms with Gasteiger partial charge in [0.1, 0.15) is 0 Å². The third kappa shape index (κ3) is 5.10. The first-order chi connectivity index (χ1) is 7.99. The van der Waals surface area contributed by atoms with Crippen LogP contribution in [-0.4, -0.2) is 33.9 Å². The monoisotopic (exact) mass is 257 g/mol. The van der Waals surface area contributed by atoms with Crippen LogP contribution in [0.5, 0.6) is 0 Å². The molecule has 0 aliphatic rings. The predicted molar refractivity (Wildman–Crippen MR) is 64.8 cm³/mol. The zero-order valence-electron chi connectivity index (χ0n) is 9.85. The molecular formula is C11H16ClN3O2. The molecule has 1 unspecified atom stereocenters. The van der Waals surface area contributed by atoms with Crippen LogP contribution in [0, 0.1) is 5.92 Å². The van der Waals surface area contributed by atoms with Crippen molar-refractivity contribution >= 4 is 17.5 Å². The predicted octanol–water partition coefficient (Wildman–Crippen LogP) is 1.27. The van der Waals surface area contributed by atoms with Crippen molar-refractivity contribution in [3.8, 4) is 0 Å². The van der Waals surface area contributed by atoms with E-state index in [9.17, 15) is 9.90 Å². The van der Waals surface area contributed by atoms with Gasteiger partial charge in [0.15, 0.2) is 10.8 Å². The number of carbonyl (C=O) groups is 1. The lowest BCUT2D eigenvalue weighted by Gasteiger charge is -2.13. The Balaban J connectivity index is 2.42. The largest absolute Gasteiger partial charge is 0.391 e. The molecule has 0 aliphatic heterocycles. The van der Waals surface area contributed by atoms with E-state index in [4.69, 9.17) is 11.6 Å². The first-order valence-corrected chi connectivity index (χ1v) is 5.82. The summed E-state index contributed by atoms with van der Waals surface area (Å²) in [4.78, 5) is 11.6. The number of nitrogens with one attached hydrogen (secondary N) is 1. The van der Waals surface area contributed by atoms with Gasteiger partial charge < -0.3 is 10.4 Å². The van der Waals surface area contributed by atoms with Gasteiger partial charge in [-0.2, -0.15) is 0 Å². The minimum atomic E-state index is -0.542. The molecule has 2 N–H and O–H groups in total. The van der Waals surface area contributed by atoms with Crippen molar-refractivity contribution in [2.45, 2.75) is 26.4 Å². The smallest absolute Gasteiger partial charge is 0.271 e. The van der Waals surface area contributed by atoms with Crippen molar-refractivity contribution in [3.63, 3.8) is 0 Å². The summed E-state index contributed by atoms with van der Waals surface area (Å²) in [6.45, 7) is 4.23. The summed E-state index contributed by atoms with van der Waals surface area (Å²) in [7, 11) is 0. The molecule has 0 aliphatic carbocycles. The second kappa shape index (κ2) is 6.51. The quantitative estimate of drug-likeness (QED) is 0.833. The minimum Gasteiger partial charge on any atom is -0.391 e. The molecule has 6 heteroatoms. The van der Waals surface area contributed by atoms with E-state index in [0.29, 0.717) is 12.3 Å². The Kier molecular flexibility index (Phi) is 5.31. The maximum Gasteiger partial charge on any atom is 0.271 e. The molecule has 0 radical (unpaired) electrons. The van der Waals surface area contributed by atoms with Crippen LogP contribution in [0.15, 0.2) is 12.1 Å². The molecule has 0 saturated carbocycles. The SMILES string of the molecule is CC(C)CC(O)CNC(=O)c1ccc(Cl)nn1. The normalized spacial score (nSPS) is 12.5. The zero-order chi connectivity index (χ0) is 12.8. The Hall–Kier alpha value is -1.20. The number of nitrogens with zero attached hydrogens (tertiary/aromatic N) is 2. The number of rotatable bonds is 5. The van der Waals surface area contributed by atoms with Gasteiger partial charge >= 0.3 is 0 Å². The van der Waals surface area contributed by atoms with Gasteiger partial charge in [0.2, 0.25) is 0 Å². The number of aromatic nitrogens is 2. The van der Waals surface area contributed by atoms with Crippen molar-refractivity contribution in [3.05, 3.63) is 23.0 Å². The first-order valence-electron chi connectivity index (χ1n) is 5.44. The fourth-order valence-electron chi connectivity index (χ4n) is 1.37. The number of aliphatic hydroxyl groups excluding tert-OH is 1. The Labute approximate surface area is 105 Å². The standard InChI is InChI=1S/C11H16ClN3O2/c1-7(2)5-8(16)6-13-11(17)9-3-4-10(12)15-14-9/h3-4,7-8,16H,5-6H2,1-2H3,(H,13,17). The van der Waals surface area contributed by atoms with Crippen LogP contribution < -0.4 is 5.32 Å². The lowest BCUT2D eigenvalue weighted by molar-refractivity contribution is 0.0894. The van der Waals surface area contributed by atoms with Gasteiger partial charge in [0, 0.05) is 6.54 Å². The van der Waals surface area contributed by atoms with Gasteiger partial charge in [0.25, 0.3) is 5.91 Å². The molecule has 1 aromatic heterocycles. The summed E-state index contributed by atoms with van der Waals surface area (Å²) in [6.07, 6.45) is 0.103. The Morgan fingerprint density at radius 2 is 2.18 bits per heavy atom. The van der Waals surface area contributed by atoms with Crippen LogP contribution in [0.3, 0.4) is 0 Å². The maximum absolute atomic E-state index is 11.6. The highest BCUT2D eigenvalue weighted by Gasteiger charge is 2.11. The number of hydrogen-bond acceptors (Lipinski definition) is 4. The third-order valence-electron chi connectivity index (χ3n) is 2.11. The Morgan fingerprint density at radius 1 is 1.47 bits per heavy atom. The van der Waals surface area contributed by atoms with E-state index < -0.39 is 6.10 Å². The highest BCUT2D eigenvalue weighted by atomic mass is 35.5. The summed E-state index contributed by atoms with van der Waals surface area (Å²) >= 11 is 5.56. The molecule has 1 amide bonds. The van der Waals surface area contributed by atoms with Crippen molar-refractivity contribution in [1.82, 2.24) is 15.5 Å². The lowest BCUT2D eigenvalue weighted by atomic mass is 10.1. The lowest BCUT2D eigenvalue weighted by Crippen LogP contribution is -2.33. The third-order valence-corrected chi connectivity index (χ3v) is 2.31. The molecular weight excluding hydrogens is 242 g/mol. The molecule has 1 heterocycles. The van der Waals surface area contributed by atoms with Gasteiger partial charge in [-0.1, -0.05) is 25.4 Å². The van der Waals surface area contributed by atoms with Crippen LogP contribution in [-0.2, 0) is 0 Å². The molecule has 0 fully saturated rings. The van der Waals surface area contributed by atoms with Gasteiger partial charge in [-0.15, -0.1) is 10.2 Å². The second-order valence-electron chi connectivity index (χ2n) is 4.23. The van der Waals surface area contributed by atoms with Gasteiger partial charge in [-0.25, -0.2) is 0 Å². The summed E-state index contributed by atoms with van der Waals surface area (Å²) in [5.41, 5.74) is 0.186. The van der Waals surface area contributed by atoms with Gasteiger partial charge in [-0.05, 0) is 24.5 Å². The summed E-state index contributed by atoms with van der Waals surface area (Å²) < 4.78 is 0. The highest BCUT2D eigenvalue weighted by molar-refractivity contribution is 6.29. The van der Waals surface area contributed by atoms with E-state index in [1.54, 1.807) is 0 Å². The van der Waals surface area contributed by atoms with Crippen molar-refractivity contribution in [1.29, 1.82) is 0 Å². The van der Waals surface area contributed by atoms with E-state index >= 15 is 0 Å². The first kappa shape index (κ1) is 13.9. The fourth-order valence-corrected chi connectivity index (χ4v) is 1.47. The van der Waals surface area contributed by atoms with Crippen LogP contribution in [0.2, 0.25) is 5.15 Å². The Bertz CT molecular complexity index is 367. The maximum atomic E-state index is 11.6. The molecule has 0 bridgehead atoms. The number of amides is 1. The average Bonchev–Trinajstić information content (AvgIpc) is 2.26. The molecule has 5 nitrogen and oxygen atoms in total. The molecule has 94 valence electrons. The molecule has 0 saturated heterocycles. The highest BCUT2D eigenvalue weighted by Crippen LogP contribution is 2.04. The number of carbonyl (C=O) groups excluding carboxylic acids is 1. The van der Waals surface area contributed by atoms with Crippen LogP contribution >= 0.6 is 11.6 Å². The molecule has 0 spiro atoms. The summed E-state index contributed by atoms with van der Waals surface area (Å²) in [5.74, 6) is 0.0224. The molecule has 0 aromatic carbocycles. The molecule has 1 rings (SSSR count). The van der Waals surface area contributed by atoms with Crippen LogP contribution in [0.1, 0.15) is 30.8 Å². The van der Waals surface area contributed by atoms with E-state index in [-0.39, 0.29) is 23.3 Å². The molecule has 1 aromatic rings. The average molecular weight is 258 g/mol. The number of halogens is 1. The van der Waals surface area contributed by atoms with Crippen molar-refractivity contribution < 1.29 is 9.90 Å². The van der Waals surface area contributed by atoms with Gasteiger partial charge in [-0.3, -0.25) is 4.79 Å². The Morgan fingerprint density at radius 3 is 2.71 bits per heavy atom. The van der Waals surface area contributed by atoms with E-state index in [2.05, 4.69) is 15.5 Å². The topological polar surface area (TPSA) is 75.1 Å².